The van der Waals surface area contributed by atoms with Crippen LogP contribution >= 0.6 is 31.9 Å². The average molecular weight is 387 g/mol. The fourth-order valence-electron chi connectivity index (χ4n) is 1.52. The first-order valence-corrected chi connectivity index (χ1v) is 8.68. The molecule has 0 spiro atoms. The molecule has 0 rings (SSSR count). The molecule has 6 heteroatoms. The minimum atomic E-state index is -1.41. The molecule has 3 nitrogen and oxygen atoms in total. The third-order valence-corrected chi connectivity index (χ3v) is 3.93. The van der Waals surface area contributed by atoms with Crippen molar-refractivity contribution in [2.24, 2.45) is 0 Å². The first kappa shape index (κ1) is 18.9. The summed E-state index contributed by atoms with van der Waals surface area (Å²) in [6.45, 7) is 4.30. The molecule has 0 saturated carbocycles. The molecule has 0 saturated heterocycles. The van der Waals surface area contributed by atoms with Crippen LogP contribution in [-0.2, 0) is 14.3 Å². The quantitative estimate of drug-likeness (QED) is 0.268. The highest BCUT2D eigenvalue weighted by atomic mass is 79.9. The summed E-state index contributed by atoms with van der Waals surface area (Å²) in [5.41, 5.74) is 0. The van der Waals surface area contributed by atoms with Crippen molar-refractivity contribution < 1.29 is 14.3 Å². The molecular formula is C12H24BBr2O3. The lowest BCUT2D eigenvalue weighted by molar-refractivity contribution is 0.0874. The van der Waals surface area contributed by atoms with Gasteiger partial charge < -0.3 is 9.31 Å². The minimum Gasteiger partial charge on any atom is -0.372 e. The molecule has 0 heterocycles. The highest BCUT2D eigenvalue weighted by molar-refractivity contribution is 9.09. The van der Waals surface area contributed by atoms with Crippen molar-refractivity contribution in [2.75, 3.05) is 0 Å². The van der Waals surface area contributed by atoms with Crippen molar-refractivity contribution in [1.29, 1.82) is 0 Å². The van der Waals surface area contributed by atoms with Gasteiger partial charge in [-0.3, -0.25) is 0 Å². The lowest BCUT2D eigenvalue weighted by Crippen LogP contribution is -2.28. The van der Waals surface area contributed by atoms with E-state index in [-0.39, 0.29) is 10.0 Å². The van der Waals surface area contributed by atoms with Crippen molar-refractivity contribution in [2.45, 2.75) is 75.2 Å². The van der Waals surface area contributed by atoms with E-state index in [4.69, 9.17) is 9.31 Å². The standard InChI is InChI=1S/C12H24BBr2O3/c1-3-5-7-9-11(14)17-13(16)18-12(15)10-8-6-4-2/h11-12H,3-10H2,1-2H3. The zero-order valence-corrected chi connectivity index (χ0v) is 14.5. The predicted molar refractivity (Wildman–Crippen MR) is 82.3 cm³/mol. The smallest absolute Gasteiger partial charge is 0.372 e. The van der Waals surface area contributed by atoms with Gasteiger partial charge in [-0.2, -0.15) is 0 Å². The maximum absolute atomic E-state index is 11.5. The highest BCUT2D eigenvalue weighted by Gasteiger charge is 2.25. The fourth-order valence-corrected chi connectivity index (χ4v) is 2.52. The molecule has 18 heavy (non-hydrogen) atoms. The topological polar surface area (TPSA) is 38.4 Å². The summed E-state index contributed by atoms with van der Waals surface area (Å²) in [5, 5.41) is 11.1. The monoisotopic (exact) mass is 385 g/mol. The summed E-state index contributed by atoms with van der Waals surface area (Å²) in [7, 11) is -1.41. The van der Waals surface area contributed by atoms with Gasteiger partial charge in [0.1, 0.15) is 10.0 Å². The van der Waals surface area contributed by atoms with E-state index in [2.05, 4.69) is 45.7 Å². The van der Waals surface area contributed by atoms with Gasteiger partial charge >= 0.3 is 7.32 Å². The molecule has 0 aromatic heterocycles. The van der Waals surface area contributed by atoms with E-state index in [0.717, 1.165) is 51.4 Å². The maximum atomic E-state index is 11.5. The fraction of sp³-hybridized carbons (Fsp3) is 1.00. The SMILES string of the molecule is CCCCCC(Br)OB([O])OC(Br)CCCCC. The normalized spacial score (nSPS) is 14.5. The summed E-state index contributed by atoms with van der Waals surface area (Å²) in [4.78, 5) is 0. The summed E-state index contributed by atoms with van der Waals surface area (Å²) in [6, 6.07) is 0. The molecule has 0 aliphatic carbocycles. The molecule has 2 unspecified atom stereocenters. The van der Waals surface area contributed by atoms with Crippen LogP contribution in [0.25, 0.3) is 0 Å². The van der Waals surface area contributed by atoms with E-state index in [1.54, 1.807) is 0 Å². The lowest BCUT2D eigenvalue weighted by atomic mass is 10.2. The van der Waals surface area contributed by atoms with E-state index >= 15 is 0 Å². The maximum Gasteiger partial charge on any atom is 0.668 e. The molecule has 1 radical (unpaired) electrons. The van der Waals surface area contributed by atoms with Crippen LogP contribution in [0.15, 0.2) is 0 Å². The third-order valence-electron chi connectivity index (χ3n) is 2.59. The van der Waals surface area contributed by atoms with E-state index in [0.29, 0.717) is 0 Å². The van der Waals surface area contributed by atoms with E-state index in [1.165, 1.54) is 0 Å². The molecule has 0 aromatic rings. The zero-order valence-electron chi connectivity index (χ0n) is 11.4. The Morgan fingerprint density at radius 2 is 1.28 bits per heavy atom. The van der Waals surface area contributed by atoms with Gasteiger partial charge in [0, 0.05) is 0 Å². The van der Waals surface area contributed by atoms with Gasteiger partial charge in [0.15, 0.2) is 0 Å². The van der Waals surface area contributed by atoms with Crippen LogP contribution in [0.3, 0.4) is 0 Å². The first-order valence-electron chi connectivity index (χ1n) is 6.85. The molecule has 0 aliphatic heterocycles. The van der Waals surface area contributed by atoms with Crippen molar-refractivity contribution in [3.8, 4) is 0 Å². The van der Waals surface area contributed by atoms with Crippen LogP contribution in [0, 0.1) is 0 Å². The molecule has 0 amide bonds. The first-order chi connectivity index (χ1) is 8.60. The van der Waals surface area contributed by atoms with Crippen molar-refractivity contribution >= 4 is 39.2 Å². The Hall–Kier alpha value is 0.905. The number of hydrogen-bond acceptors (Lipinski definition) is 2. The van der Waals surface area contributed by atoms with Gasteiger partial charge in [-0.1, -0.05) is 84.2 Å². The molecule has 0 N–H and O–H groups in total. The Labute approximate surface area is 128 Å². The Morgan fingerprint density at radius 1 is 0.889 bits per heavy atom. The van der Waals surface area contributed by atoms with Gasteiger partial charge in [0.05, 0.1) is 0 Å². The second-order valence-electron chi connectivity index (χ2n) is 4.37. The minimum absolute atomic E-state index is 0.207. The summed E-state index contributed by atoms with van der Waals surface area (Å²) >= 11 is 6.69. The Kier molecular flexibility index (Phi) is 13.6. The van der Waals surface area contributed by atoms with Gasteiger partial charge in [-0.15, -0.1) is 0 Å². The second-order valence-corrected chi connectivity index (χ2v) is 6.42. The molecule has 0 bridgehead atoms. The number of alkyl halides is 2. The Morgan fingerprint density at radius 3 is 1.61 bits per heavy atom. The van der Waals surface area contributed by atoms with Crippen LogP contribution in [0.5, 0.6) is 0 Å². The van der Waals surface area contributed by atoms with Crippen molar-refractivity contribution in [3.05, 3.63) is 0 Å². The number of rotatable bonds is 12. The third kappa shape index (κ3) is 12.0. The van der Waals surface area contributed by atoms with Crippen molar-refractivity contribution in [1.82, 2.24) is 0 Å². The molecule has 2 atom stereocenters. The highest BCUT2D eigenvalue weighted by Crippen LogP contribution is 2.17. The summed E-state index contributed by atoms with van der Waals surface area (Å²) < 4.78 is 10.4. The van der Waals surface area contributed by atoms with Crippen LogP contribution < -0.4 is 0 Å². The molecule has 0 aliphatic rings. The largest absolute Gasteiger partial charge is 0.668 e. The summed E-state index contributed by atoms with van der Waals surface area (Å²) in [6.07, 6.45) is 8.47. The average Bonchev–Trinajstić information content (AvgIpc) is 2.29. The number of hydrogen-bond donors (Lipinski definition) is 0. The van der Waals surface area contributed by atoms with Crippen LogP contribution in [-0.4, -0.2) is 17.3 Å². The molecule has 0 fully saturated rings. The van der Waals surface area contributed by atoms with Crippen LogP contribution in [0.1, 0.15) is 65.2 Å². The lowest BCUT2D eigenvalue weighted by Gasteiger charge is -2.16. The van der Waals surface area contributed by atoms with E-state index < -0.39 is 7.32 Å². The number of halogens is 2. The van der Waals surface area contributed by atoms with Gasteiger partial charge in [-0.25, -0.2) is 5.02 Å². The predicted octanol–water partition coefficient (Wildman–Crippen LogP) is 5.04. The summed E-state index contributed by atoms with van der Waals surface area (Å²) in [5.74, 6) is 0. The number of unbranched alkanes of at least 4 members (excludes halogenated alkanes) is 4. The Bertz CT molecular complexity index is 169. The molecule has 107 valence electrons. The zero-order chi connectivity index (χ0) is 13.8. The Balaban J connectivity index is 3.58. The van der Waals surface area contributed by atoms with Crippen LogP contribution in [0.4, 0.5) is 0 Å². The van der Waals surface area contributed by atoms with Gasteiger partial charge in [0.25, 0.3) is 0 Å². The van der Waals surface area contributed by atoms with Gasteiger partial charge in [-0.05, 0) is 12.8 Å². The van der Waals surface area contributed by atoms with Crippen LogP contribution in [0.2, 0.25) is 0 Å². The van der Waals surface area contributed by atoms with E-state index in [9.17, 15) is 5.02 Å². The van der Waals surface area contributed by atoms with Gasteiger partial charge in [0.2, 0.25) is 0 Å². The molecular weight excluding hydrogens is 363 g/mol. The van der Waals surface area contributed by atoms with Crippen molar-refractivity contribution in [3.63, 3.8) is 0 Å². The molecule has 0 aromatic carbocycles. The second kappa shape index (κ2) is 12.9. The van der Waals surface area contributed by atoms with E-state index in [1.807, 2.05) is 0 Å².